The number of hydrogen-bond acceptors (Lipinski definition) is 5. The molecule has 0 aliphatic carbocycles. The highest BCUT2D eigenvalue weighted by Gasteiger charge is 2.40. The van der Waals surface area contributed by atoms with Crippen molar-refractivity contribution in [2.24, 2.45) is 5.41 Å². The van der Waals surface area contributed by atoms with E-state index >= 15 is 0 Å². The fourth-order valence-electron chi connectivity index (χ4n) is 3.90. The molecule has 1 atom stereocenters. The smallest absolute Gasteiger partial charge is 0.275 e. The van der Waals surface area contributed by atoms with Gasteiger partial charge in [-0.05, 0) is 44.9 Å². The minimum Gasteiger partial charge on any atom is -0.448 e. The van der Waals surface area contributed by atoms with Gasteiger partial charge in [-0.1, -0.05) is 0 Å². The van der Waals surface area contributed by atoms with E-state index in [4.69, 9.17) is 4.42 Å². The van der Waals surface area contributed by atoms with E-state index in [1.54, 1.807) is 18.2 Å². The Hall–Kier alpha value is -3.16. The number of imidazole rings is 1. The third-order valence-corrected chi connectivity index (χ3v) is 5.59. The molecule has 2 amide bonds. The number of aryl methyl sites for hydroxylation is 2. The summed E-state index contributed by atoms with van der Waals surface area (Å²) < 4.78 is 7.21. The van der Waals surface area contributed by atoms with Crippen LogP contribution in [0.4, 0.5) is 5.69 Å². The van der Waals surface area contributed by atoms with Gasteiger partial charge in [0.05, 0.1) is 22.8 Å². The zero-order valence-electron chi connectivity index (χ0n) is 16.9. The van der Waals surface area contributed by atoms with Crippen LogP contribution in [0.3, 0.4) is 0 Å². The number of nitrogens with one attached hydrogen (secondary N) is 1. The van der Waals surface area contributed by atoms with Gasteiger partial charge in [-0.3, -0.25) is 9.59 Å². The summed E-state index contributed by atoms with van der Waals surface area (Å²) in [5.74, 6) is 0.152. The van der Waals surface area contributed by atoms with E-state index in [0.29, 0.717) is 31.1 Å². The predicted octanol–water partition coefficient (Wildman–Crippen LogP) is 3.23. The number of likely N-dealkylation sites (tertiary alicyclic amines) is 1. The van der Waals surface area contributed by atoms with Crippen LogP contribution in [-0.2, 0) is 11.3 Å². The van der Waals surface area contributed by atoms with E-state index in [9.17, 15) is 9.59 Å². The Morgan fingerprint density at radius 2 is 2.17 bits per heavy atom. The Morgan fingerprint density at radius 1 is 1.34 bits per heavy atom. The molecule has 0 saturated carbocycles. The molecular weight excluding hydrogens is 370 g/mol. The Morgan fingerprint density at radius 3 is 2.90 bits per heavy atom. The van der Waals surface area contributed by atoms with Crippen LogP contribution in [0.5, 0.6) is 0 Å². The molecule has 1 saturated heterocycles. The molecule has 3 aromatic rings. The largest absolute Gasteiger partial charge is 0.448 e. The third-order valence-electron chi connectivity index (χ3n) is 5.59. The van der Waals surface area contributed by atoms with Crippen LogP contribution in [0.2, 0.25) is 0 Å². The summed E-state index contributed by atoms with van der Waals surface area (Å²) in [6, 6.07) is 5.74. The summed E-state index contributed by atoms with van der Waals surface area (Å²) in [5.41, 5.74) is 2.19. The van der Waals surface area contributed by atoms with Crippen molar-refractivity contribution < 1.29 is 14.0 Å². The second-order valence-corrected chi connectivity index (χ2v) is 7.83. The van der Waals surface area contributed by atoms with Crippen LogP contribution in [0, 0.1) is 12.3 Å². The molecule has 1 aromatic carbocycles. The highest BCUT2D eigenvalue weighted by molar-refractivity contribution is 5.98. The number of fused-ring (bicyclic) bond motifs is 1. The van der Waals surface area contributed by atoms with E-state index in [0.717, 1.165) is 24.0 Å². The average molecular weight is 395 g/mol. The fourth-order valence-corrected chi connectivity index (χ4v) is 3.90. The first-order chi connectivity index (χ1) is 13.9. The topological polar surface area (TPSA) is 93.3 Å². The van der Waals surface area contributed by atoms with Crippen LogP contribution in [-0.4, -0.2) is 44.3 Å². The maximum absolute atomic E-state index is 13.1. The lowest BCUT2D eigenvalue weighted by atomic mass is 9.80. The van der Waals surface area contributed by atoms with Crippen molar-refractivity contribution in [3.05, 3.63) is 42.4 Å². The number of amides is 2. The number of nitrogens with zero attached hydrogens (tertiary/aromatic N) is 4. The van der Waals surface area contributed by atoms with Gasteiger partial charge in [0.1, 0.15) is 6.26 Å². The average Bonchev–Trinajstić information content (AvgIpc) is 3.33. The summed E-state index contributed by atoms with van der Waals surface area (Å²) in [5, 5.41) is 3.01. The highest BCUT2D eigenvalue weighted by atomic mass is 16.3. The van der Waals surface area contributed by atoms with Gasteiger partial charge in [0.2, 0.25) is 5.91 Å². The van der Waals surface area contributed by atoms with Crippen LogP contribution in [0.15, 0.2) is 35.2 Å². The second-order valence-electron chi connectivity index (χ2n) is 7.83. The highest BCUT2D eigenvalue weighted by Crippen LogP contribution is 2.32. The number of benzene rings is 1. The number of aromatic nitrogens is 3. The van der Waals surface area contributed by atoms with Crippen molar-refractivity contribution >= 4 is 28.5 Å². The van der Waals surface area contributed by atoms with Crippen molar-refractivity contribution in [3.8, 4) is 0 Å². The van der Waals surface area contributed by atoms with E-state index in [2.05, 4.69) is 26.8 Å². The summed E-state index contributed by atoms with van der Waals surface area (Å²) >= 11 is 0. The molecular formula is C21H25N5O3. The van der Waals surface area contributed by atoms with Crippen LogP contribution in [0.1, 0.15) is 43.1 Å². The monoisotopic (exact) mass is 395 g/mol. The summed E-state index contributed by atoms with van der Waals surface area (Å²) in [6.45, 7) is 7.46. The number of anilines is 1. The maximum atomic E-state index is 13.1. The molecule has 0 spiro atoms. The lowest BCUT2D eigenvalue weighted by Crippen LogP contribution is -2.50. The van der Waals surface area contributed by atoms with Crippen molar-refractivity contribution in [1.29, 1.82) is 0 Å². The molecule has 8 nitrogen and oxygen atoms in total. The lowest BCUT2D eigenvalue weighted by Gasteiger charge is -2.39. The minimum absolute atomic E-state index is 0.0967. The van der Waals surface area contributed by atoms with Gasteiger partial charge in [-0.25, -0.2) is 9.97 Å². The Balaban J connectivity index is 1.49. The van der Waals surface area contributed by atoms with Crippen molar-refractivity contribution in [3.63, 3.8) is 0 Å². The fraction of sp³-hybridized carbons (Fsp3) is 0.429. The molecule has 2 aromatic heterocycles. The quantitative estimate of drug-likeness (QED) is 0.732. The number of carbonyl (C=O) groups excluding carboxylic acids is 2. The van der Waals surface area contributed by atoms with Gasteiger partial charge in [-0.2, -0.15) is 0 Å². The molecule has 1 N–H and O–H groups in total. The molecule has 0 bridgehead atoms. The molecule has 1 aliphatic heterocycles. The predicted molar refractivity (Wildman–Crippen MR) is 109 cm³/mol. The lowest BCUT2D eigenvalue weighted by molar-refractivity contribution is -0.127. The van der Waals surface area contributed by atoms with E-state index in [-0.39, 0.29) is 17.5 Å². The summed E-state index contributed by atoms with van der Waals surface area (Å²) in [6.07, 6.45) is 4.64. The number of oxazole rings is 1. The Bertz CT molecular complexity index is 1070. The molecule has 29 heavy (non-hydrogen) atoms. The summed E-state index contributed by atoms with van der Waals surface area (Å²) in [4.78, 5) is 36.0. The Labute approximate surface area is 168 Å². The van der Waals surface area contributed by atoms with Gasteiger partial charge in [0, 0.05) is 32.2 Å². The number of rotatable bonds is 4. The van der Waals surface area contributed by atoms with E-state index in [1.165, 1.54) is 6.26 Å². The number of carbonyl (C=O) groups is 2. The third kappa shape index (κ3) is 3.62. The second kappa shape index (κ2) is 7.35. The molecule has 4 rings (SSSR count). The van der Waals surface area contributed by atoms with Gasteiger partial charge in [-0.15, -0.1) is 0 Å². The van der Waals surface area contributed by atoms with Gasteiger partial charge in [0.25, 0.3) is 5.91 Å². The molecule has 152 valence electrons. The normalized spacial score (nSPS) is 19.5. The van der Waals surface area contributed by atoms with E-state index < -0.39 is 5.41 Å². The Kier molecular flexibility index (Phi) is 4.86. The zero-order chi connectivity index (χ0) is 20.6. The molecule has 1 aliphatic rings. The SMILES string of the molecule is CCn1cnc2cc(NC(=O)[C@@]3(C)CCCN(C(=O)c4coc(C)n4)C3)ccc21. The zero-order valence-corrected chi connectivity index (χ0v) is 16.9. The van der Waals surface area contributed by atoms with Crippen molar-refractivity contribution in [2.45, 2.75) is 40.2 Å². The van der Waals surface area contributed by atoms with Crippen LogP contribution in [0.25, 0.3) is 11.0 Å². The molecule has 3 heterocycles. The van der Waals surface area contributed by atoms with Crippen LogP contribution >= 0.6 is 0 Å². The first-order valence-corrected chi connectivity index (χ1v) is 9.87. The maximum Gasteiger partial charge on any atom is 0.275 e. The first kappa shape index (κ1) is 19.2. The summed E-state index contributed by atoms with van der Waals surface area (Å²) in [7, 11) is 0. The van der Waals surface area contributed by atoms with Crippen molar-refractivity contribution in [2.75, 3.05) is 18.4 Å². The number of hydrogen-bond donors (Lipinski definition) is 1. The van der Waals surface area contributed by atoms with Gasteiger partial charge >= 0.3 is 0 Å². The van der Waals surface area contributed by atoms with Crippen LogP contribution < -0.4 is 5.32 Å². The molecule has 0 radical (unpaired) electrons. The van der Waals surface area contributed by atoms with Crippen molar-refractivity contribution in [1.82, 2.24) is 19.4 Å². The minimum atomic E-state index is -0.676. The molecule has 8 heteroatoms. The molecule has 1 fully saturated rings. The standard InChI is InChI=1S/C21H25N5O3/c1-4-25-13-22-16-10-15(6-7-18(16)25)24-20(28)21(3)8-5-9-26(12-21)19(27)17-11-29-14(2)23-17/h6-7,10-11,13H,4-5,8-9,12H2,1-3H3,(H,24,28)/t21-/m0/s1. The first-order valence-electron chi connectivity index (χ1n) is 9.87. The number of piperidine rings is 1. The molecule has 0 unspecified atom stereocenters. The van der Waals surface area contributed by atoms with Gasteiger partial charge in [0.15, 0.2) is 11.6 Å². The van der Waals surface area contributed by atoms with Gasteiger partial charge < -0.3 is 19.2 Å². The van der Waals surface area contributed by atoms with E-state index in [1.807, 2.05) is 25.1 Å².